The predicted octanol–water partition coefficient (Wildman–Crippen LogP) is -0.288. The van der Waals surface area contributed by atoms with Gasteiger partial charge in [-0.1, -0.05) is 6.92 Å². The topological polar surface area (TPSA) is 53.6 Å². The van der Waals surface area contributed by atoms with Crippen molar-refractivity contribution in [2.24, 2.45) is 5.92 Å². The van der Waals surface area contributed by atoms with Crippen LogP contribution in [0.5, 0.6) is 0 Å². The van der Waals surface area contributed by atoms with Gasteiger partial charge in [0.15, 0.2) is 0 Å². The first-order valence-corrected chi connectivity index (χ1v) is 5.93. The standard InChI is InChI=1S/C11H23N3O2.ClH/c1-10(9-16-2)11(15)13-5-8-14-6-3-12-4-7-14;/h10,12H,3-9H2,1-2H3,(H,13,15);1H. The van der Waals surface area contributed by atoms with Crippen molar-refractivity contribution in [2.75, 3.05) is 53.0 Å². The second kappa shape index (κ2) is 9.65. The van der Waals surface area contributed by atoms with Gasteiger partial charge in [-0.2, -0.15) is 0 Å². The number of amides is 1. The van der Waals surface area contributed by atoms with Gasteiger partial charge in [-0.3, -0.25) is 9.69 Å². The lowest BCUT2D eigenvalue weighted by Crippen LogP contribution is -2.46. The average Bonchev–Trinajstić information content (AvgIpc) is 2.30. The minimum atomic E-state index is -0.0620. The highest BCUT2D eigenvalue weighted by atomic mass is 35.5. The Hall–Kier alpha value is -0.360. The molecule has 1 aliphatic heterocycles. The highest BCUT2D eigenvalue weighted by molar-refractivity contribution is 5.85. The minimum absolute atomic E-state index is 0. The summed E-state index contributed by atoms with van der Waals surface area (Å²) < 4.78 is 4.94. The van der Waals surface area contributed by atoms with Gasteiger partial charge < -0.3 is 15.4 Å². The highest BCUT2D eigenvalue weighted by Gasteiger charge is 2.13. The van der Waals surface area contributed by atoms with Gasteiger partial charge in [0.1, 0.15) is 0 Å². The number of rotatable bonds is 6. The van der Waals surface area contributed by atoms with Gasteiger partial charge in [0.05, 0.1) is 12.5 Å². The van der Waals surface area contributed by atoms with Crippen molar-refractivity contribution in [1.29, 1.82) is 0 Å². The summed E-state index contributed by atoms with van der Waals surface area (Å²) in [6.45, 7) is 8.28. The van der Waals surface area contributed by atoms with Crippen molar-refractivity contribution in [1.82, 2.24) is 15.5 Å². The third-order valence-corrected chi connectivity index (χ3v) is 2.80. The number of hydrogen-bond acceptors (Lipinski definition) is 4. The van der Waals surface area contributed by atoms with E-state index in [1.54, 1.807) is 7.11 Å². The Morgan fingerprint density at radius 3 is 2.71 bits per heavy atom. The Morgan fingerprint density at radius 2 is 2.12 bits per heavy atom. The fourth-order valence-electron chi connectivity index (χ4n) is 1.77. The first kappa shape index (κ1) is 16.6. The maximum absolute atomic E-state index is 11.6. The number of nitrogens with zero attached hydrogens (tertiary/aromatic N) is 1. The number of ether oxygens (including phenoxy) is 1. The number of halogens is 1. The van der Waals surface area contributed by atoms with Gasteiger partial charge in [0.25, 0.3) is 0 Å². The molecule has 5 nitrogen and oxygen atoms in total. The van der Waals surface area contributed by atoms with Gasteiger partial charge in [0.2, 0.25) is 5.91 Å². The van der Waals surface area contributed by atoms with Crippen LogP contribution in [0, 0.1) is 5.92 Å². The molecule has 1 amide bonds. The fraction of sp³-hybridized carbons (Fsp3) is 0.909. The molecule has 17 heavy (non-hydrogen) atoms. The zero-order valence-corrected chi connectivity index (χ0v) is 11.5. The Balaban J connectivity index is 0.00000256. The van der Waals surface area contributed by atoms with Crippen LogP contribution < -0.4 is 10.6 Å². The van der Waals surface area contributed by atoms with Crippen molar-refractivity contribution in [2.45, 2.75) is 6.92 Å². The van der Waals surface area contributed by atoms with E-state index in [1.807, 2.05) is 6.92 Å². The molecule has 6 heteroatoms. The molecule has 0 bridgehead atoms. The summed E-state index contributed by atoms with van der Waals surface area (Å²) in [5.41, 5.74) is 0. The van der Waals surface area contributed by atoms with E-state index in [2.05, 4.69) is 15.5 Å². The number of nitrogens with one attached hydrogen (secondary N) is 2. The second-order valence-corrected chi connectivity index (χ2v) is 4.24. The lowest BCUT2D eigenvalue weighted by Gasteiger charge is -2.27. The molecule has 0 spiro atoms. The van der Waals surface area contributed by atoms with Gasteiger partial charge in [-0.15, -0.1) is 12.4 Å². The Morgan fingerprint density at radius 1 is 1.47 bits per heavy atom. The van der Waals surface area contributed by atoms with E-state index in [9.17, 15) is 4.79 Å². The number of methoxy groups -OCH3 is 1. The smallest absolute Gasteiger partial charge is 0.225 e. The van der Waals surface area contributed by atoms with Crippen molar-refractivity contribution in [3.05, 3.63) is 0 Å². The molecule has 0 radical (unpaired) electrons. The zero-order chi connectivity index (χ0) is 11.8. The van der Waals surface area contributed by atoms with E-state index in [4.69, 9.17) is 4.74 Å². The summed E-state index contributed by atoms with van der Waals surface area (Å²) in [6.07, 6.45) is 0. The molecule has 0 saturated carbocycles. The van der Waals surface area contributed by atoms with Crippen molar-refractivity contribution in [3.63, 3.8) is 0 Å². The van der Waals surface area contributed by atoms with Gasteiger partial charge in [-0.25, -0.2) is 0 Å². The highest BCUT2D eigenvalue weighted by Crippen LogP contribution is 1.95. The Kier molecular flexibility index (Phi) is 9.44. The van der Waals surface area contributed by atoms with Crippen LogP contribution in [0.15, 0.2) is 0 Å². The molecule has 1 rings (SSSR count). The van der Waals surface area contributed by atoms with Crippen LogP contribution in [-0.4, -0.2) is 63.8 Å². The van der Waals surface area contributed by atoms with Crippen LogP contribution in [0.4, 0.5) is 0 Å². The number of carbonyl (C=O) groups excluding carboxylic acids is 1. The van der Waals surface area contributed by atoms with Crippen molar-refractivity contribution < 1.29 is 9.53 Å². The van der Waals surface area contributed by atoms with Gasteiger partial charge in [0, 0.05) is 46.4 Å². The van der Waals surface area contributed by atoms with Crippen LogP contribution in [0.3, 0.4) is 0 Å². The summed E-state index contributed by atoms with van der Waals surface area (Å²) in [4.78, 5) is 13.9. The zero-order valence-electron chi connectivity index (χ0n) is 10.7. The van der Waals surface area contributed by atoms with Gasteiger partial charge >= 0.3 is 0 Å². The first-order chi connectivity index (χ1) is 7.74. The third kappa shape index (κ3) is 6.83. The molecule has 1 fully saturated rings. The molecule has 1 unspecified atom stereocenters. The van der Waals surface area contributed by atoms with Gasteiger partial charge in [-0.05, 0) is 0 Å². The number of carbonyl (C=O) groups is 1. The third-order valence-electron chi connectivity index (χ3n) is 2.80. The monoisotopic (exact) mass is 265 g/mol. The van der Waals surface area contributed by atoms with E-state index < -0.39 is 0 Å². The van der Waals surface area contributed by atoms with E-state index in [-0.39, 0.29) is 24.2 Å². The van der Waals surface area contributed by atoms with Crippen molar-refractivity contribution >= 4 is 18.3 Å². The molecule has 102 valence electrons. The molecule has 0 aromatic heterocycles. The van der Waals surface area contributed by atoms with E-state index >= 15 is 0 Å². The van der Waals surface area contributed by atoms with Crippen LogP contribution in [0.25, 0.3) is 0 Å². The molecule has 0 aromatic rings. The summed E-state index contributed by atoms with van der Waals surface area (Å²) in [5, 5.41) is 6.24. The van der Waals surface area contributed by atoms with E-state index in [0.717, 1.165) is 39.3 Å². The molecule has 1 atom stereocenters. The Bertz CT molecular complexity index is 211. The summed E-state index contributed by atoms with van der Waals surface area (Å²) in [6, 6.07) is 0. The molecule has 0 aromatic carbocycles. The average molecular weight is 266 g/mol. The minimum Gasteiger partial charge on any atom is -0.384 e. The quantitative estimate of drug-likeness (QED) is 0.693. The number of hydrogen-bond donors (Lipinski definition) is 2. The normalized spacial score (nSPS) is 18.2. The second-order valence-electron chi connectivity index (χ2n) is 4.24. The molecule has 0 aliphatic carbocycles. The molecule has 1 saturated heterocycles. The van der Waals surface area contributed by atoms with Crippen LogP contribution in [0.1, 0.15) is 6.92 Å². The largest absolute Gasteiger partial charge is 0.384 e. The first-order valence-electron chi connectivity index (χ1n) is 5.93. The van der Waals surface area contributed by atoms with Crippen LogP contribution >= 0.6 is 12.4 Å². The fourth-order valence-corrected chi connectivity index (χ4v) is 1.77. The summed E-state index contributed by atoms with van der Waals surface area (Å²) in [5.74, 6) is 0.0185. The number of piperazine rings is 1. The lowest BCUT2D eigenvalue weighted by atomic mass is 10.2. The molecular weight excluding hydrogens is 242 g/mol. The molecule has 1 aliphatic rings. The molecule has 2 N–H and O–H groups in total. The van der Waals surface area contributed by atoms with Crippen molar-refractivity contribution in [3.8, 4) is 0 Å². The SMILES string of the molecule is COCC(C)C(=O)NCCN1CCNCC1.Cl. The summed E-state index contributed by atoms with van der Waals surface area (Å²) >= 11 is 0. The van der Waals surface area contributed by atoms with Crippen LogP contribution in [-0.2, 0) is 9.53 Å². The molecular formula is C11H24ClN3O2. The Labute approximate surface area is 110 Å². The lowest BCUT2D eigenvalue weighted by molar-refractivity contribution is -0.126. The van der Waals surface area contributed by atoms with E-state index in [1.165, 1.54) is 0 Å². The maximum Gasteiger partial charge on any atom is 0.225 e. The van der Waals surface area contributed by atoms with E-state index in [0.29, 0.717) is 6.61 Å². The summed E-state index contributed by atoms with van der Waals surface area (Å²) in [7, 11) is 1.62. The predicted molar refractivity (Wildman–Crippen MR) is 70.6 cm³/mol. The molecule has 1 heterocycles. The van der Waals surface area contributed by atoms with Crippen LogP contribution in [0.2, 0.25) is 0 Å². The maximum atomic E-state index is 11.6.